The number of hydrogen-bond donors (Lipinski definition) is 0. The summed E-state index contributed by atoms with van der Waals surface area (Å²) < 4.78 is 3.19. The van der Waals surface area contributed by atoms with Gasteiger partial charge < -0.3 is 4.90 Å². The summed E-state index contributed by atoms with van der Waals surface area (Å²) in [5.41, 5.74) is 3.18. The van der Waals surface area contributed by atoms with E-state index in [0.717, 1.165) is 16.8 Å². The molecule has 0 radical (unpaired) electrons. The van der Waals surface area contributed by atoms with Crippen molar-refractivity contribution in [1.29, 1.82) is 0 Å². The van der Waals surface area contributed by atoms with Crippen LogP contribution in [0.25, 0.3) is 0 Å². The minimum absolute atomic E-state index is 0.0616. The van der Waals surface area contributed by atoms with Crippen molar-refractivity contribution in [2.24, 2.45) is 0 Å². The Bertz CT molecular complexity index is 1020. The first-order chi connectivity index (χ1) is 13.2. The van der Waals surface area contributed by atoms with Crippen LogP contribution >= 0.6 is 0 Å². The second-order valence-corrected chi connectivity index (χ2v) is 6.61. The molecule has 27 heavy (non-hydrogen) atoms. The van der Waals surface area contributed by atoms with Crippen LogP contribution in [0.4, 0.5) is 0 Å². The van der Waals surface area contributed by atoms with Crippen LogP contribution in [0, 0.1) is 0 Å². The van der Waals surface area contributed by atoms with E-state index in [1.54, 1.807) is 27.9 Å². The molecule has 2 aromatic heterocycles. The maximum absolute atomic E-state index is 12.8. The fourth-order valence-corrected chi connectivity index (χ4v) is 3.41. The summed E-state index contributed by atoms with van der Waals surface area (Å²) in [5.74, 6) is -0.0616. The molecule has 7 heteroatoms. The molecule has 3 aromatic rings. The zero-order chi connectivity index (χ0) is 18.8. The van der Waals surface area contributed by atoms with Crippen LogP contribution < -0.4 is 5.56 Å². The van der Waals surface area contributed by atoms with Gasteiger partial charge in [0, 0.05) is 43.9 Å². The molecule has 3 heterocycles. The summed E-state index contributed by atoms with van der Waals surface area (Å²) in [6, 6.07) is 13.1. The largest absolute Gasteiger partial charge is 0.333 e. The van der Waals surface area contributed by atoms with Crippen LogP contribution in [-0.4, -0.2) is 36.9 Å². The van der Waals surface area contributed by atoms with Crippen molar-refractivity contribution in [3.05, 3.63) is 81.5 Å². The Morgan fingerprint density at radius 3 is 2.74 bits per heavy atom. The highest BCUT2D eigenvalue weighted by Gasteiger charge is 2.25. The molecule has 0 spiro atoms. The van der Waals surface area contributed by atoms with Crippen LogP contribution in [-0.2, 0) is 26.1 Å². The Hall–Kier alpha value is -3.22. The number of amides is 1. The number of carbonyl (C=O) groups is 1. The molecule has 1 amide bonds. The van der Waals surface area contributed by atoms with Gasteiger partial charge in [0.05, 0.1) is 12.2 Å². The Kier molecular flexibility index (Phi) is 4.58. The number of aryl methyl sites for hydroxylation is 1. The molecule has 138 valence electrons. The van der Waals surface area contributed by atoms with E-state index in [1.165, 1.54) is 4.68 Å². The summed E-state index contributed by atoms with van der Waals surface area (Å²) >= 11 is 0. The summed E-state index contributed by atoms with van der Waals surface area (Å²) in [7, 11) is 0. The maximum atomic E-state index is 12.8. The van der Waals surface area contributed by atoms with E-state index >= 15 is 0 Å². The molecule has 0 saturated carbocycles. The van der Waals surface area contributed by atoms with E-state index in [1.807, 2.05) is 37.3 Å². The van der Waals surface area contributed by atoms with Gasteiger partial charge in [-0.2, -0.15) is 10.2 Å². The lowest BCUT2D eigenvalue weighted by molar-refractivity contribution is 0.0720. The molecule has 0 fully saturated rings. The average molecular weight is 363 g/mol. The average Bonchev–Trinajstić information content (AvgIpc) is 3.17. The van der Waals surface area contributed by atoms with Gasteiger partial charge in [-0.25, -0.2) is 4.68 Å². The second kappa shape index (κ2) is 7.19. The first-order valence-electron chi connectivity index (χ1n) is 9.10. The maximum Gasteiger partial charge on any atom is 0.272 e. The van der Waals surface area contributed by atoms with Gasteiger partial charge in [0.25, 0.3) is 11.5 Å². The summed E-state index contributed by atoms with van der Waals surface area (Å²) in [6.45, 7) is 4.03. The molecule has 4 rings (SSSR count). The highest BCUT2D eigenvalue weighted by Crippen LogP contribution is 2.18. The first kappa shape index (κ1) is 17.2. The molecule has 0 aliphatic carbocycles. The van der Waals surface area contributed by atoms with E-state index < -0.39 is 0 Å². The molecule has 0 saturated heterocycles. The lowest BCUT2D eigenvalue weighted by Gasteiger charge is -2.28. The van der Waals surface area contributed by atoms with Crippen molar-refractivity contribution < 1.29 is 4.79 Å². The topological polar surface area (TPSA) is 73.0 Å². The quantitative estimate of drug-likeness (QED) is 0.707. The Morgan fingerprint density at radius 1 is 1.15 bits per heavy atom. The van der Waals surface area contributed by atoms with E-state index in [-0.39, 0.29) is 11.5 Å². The smallest absolute Gasteiger partial charge is 0.272 e. The van der Waals surface area contributed by atoms with Gasteiger partial charge in [0.2, 0.25) is 0 Å². The lowest BCUT2D eigenvalue weighted by atomic mass is 10.1. The standard InChI is InChI=1S/C20H21N5O2/c1-2-24-18(8-10-21-24)20(27)23-11-9-17-16(14-23)12-19(26)25(22-17)13-15-6-4-3-5-7-15/h3-8,10,12H,2,9,11,13-14H2,1H3. The molecule has 0 unspecified atom stereocenters. The minimum atomic E-state index is -0.148. The van der Waals surface area contributed by atoms with Crippen LogP contribution in [0.5, 0.6) is 0 Å². The predicted molar refractivity (Wildman–Crippen MR) is 100 cm³/mol. The molecular formula is C20H21N5O2. The number of aromatic nitrogens is 4. The van der Waals surface area contributed by atoms with Crippen molar-refractivity contribution in [2.45, 2.75) is 33.0 Å². The normalized spacial score (nSPS) is 13.4. The highest BCUT2D eigenvalue weighted by atomic mass is 16.2. The predicted octanol–water partition coefficient (Wildman–Crippen LogP) is 1.71. The number of carbonyl (C=O) groups excluding carboxylic acids is 1. The van der Waals surface area contributed by atoms with E-state index in [4.69, 9.17) is 0 Å². The van der Waals surface area contributed by atoms with E-state index in [0.29, 0.717) is 38.3 Å². The minimum Gasteiger partial charge on any atom is -0.333 e. The molecule has 0 bridgehead atoms. The van der Waals surface area contributed by atoms with Gasteiger partial charge in [-0.05, 0) is 18.6 Å². The van der Waals surface area contributed by atoms with Crippen LogP contribution in [0.2, 0.25) is 0 Å². The van der Waals surface area contributed by atoms with Crippen LogP contribution in [0.3, 0.4) is 0 Å². The zero-order valence-electron chi connectivity index (χ0n) is 15.2. The van der Waals surface area contributed by atoms with Crippen molar-refractivity contribution in [1.82, 2.24) is 24.5 Å². The first-order valence-corrected chi connectivity index (χ1v) is 9.10. The third kappa shape index (κ3) is 3.40. The van der Waals surface area contributed by atoms with Gasteiger partial charge in [-0.15, -0.1) is 0 Å². The van der Waals surface area contributed by atoms with Crippen molar-refractivity contribution in [3.63, 3.8) is 0 Å². The van der Waals surface area contributed by atoms with Crippen molar-refractivity contribution in [3.8, 4) is 0 Å². The summed E-state index contributed by atoms with van der Waals surface area (Å²) in [6.07, 6.45) is 2.27. The third-order valence-electron chi connectivity index (χ3n) is 4.84. The van der Waals surface area contributed by atoms with Crippen molar-refractivity contribution >= 4 is 5.91 Å². The number of benzene rings is 1. The van der Waals surface area contributed by atoms with Gasteiger partial charge in [-0.3, -0.25) is 14.3 Å². The second-order valence-electron chi connectivity index (χ2n) is 6.61. The summed E-state index contributed by atoms with van der Waals surface area (Å²) in [4.78, 5) is 27.0. The number of fused-ring (bicyclic) bond motifs is 1. The Morgan fingerprint density at radius 2 is 1.96 bits per heavy atom. The molecule has 1 aromatic carbocycles. The van der Waals surface area contributed by atoms with Gasteiger partial charge in [0.1, 0.15) is 5.69 Å². The van der Waals surface area contributed by atoms with Gasteiger partial charge in [-0.1, -0.05) is 30.3 Å². The third-order valence-corrected chi connectivity index (χ3v) is 4.84. The number of nitrogens with zero attached hydrogens (tertiary/aromatic N) is 5. The van der Waals surface area contributed by atoms with Crippen LogP contribution in [0.1, 0.15) is 34.2 Å². The van der Waals surface area contributed by atoms with Crippen LogP contribution in [0.15, 0.2) is 53.5 Å². The molecule has 0 atom stereocenters. The molecule has 7 nitrogen and oxygen atoms in total. The van der Waals surface area contributed by atoms with Gasteiger partial charge >= 0.3 is 0 Å². The fraction of sp³-hybridized carbons (Fsp3) is 0.300. The van der Waals surface area contributed by atoms with Crippen molar-refractivity contribution in [2.75, 3.05) is 6.54 Å². The Labute approximate surface area is 156 Å². The molecule has 0 N–H and O–H groups in total. The number of rotatable bonds is 4. The Balaban J connectivity index is 1.56. The fourth-order valence-electron chi connectivity index (χ4n) is 3.41. The lowest BCUT2D eigenvalue weighted by Crippen LogP contribution is -2.39. The molecular weight excluding hydrogens is 342 g/mol. The SMILES string of the molecule is CCn1nccc1C(=O)N1CCc2nn(Cc3ccccc3)c(=O)cc2C1. The zero-order valence-corrected chi connectivity index (χ0v) is 15.2. The monoisotopic (exact) mass is 363 g/mol. The molecule has 1 aliphatic heterocycles. The van der Waals surface area contributed by atoms with E-state index in [2.05, 4.69) is 10.2 Å². The summed E-state index contributed by atoms with van der Waals surface area (Å²) in [5, 5.41) is 8.71. The van der Waals surface area contributed by atoms with Gasteiger partial charge in [0.15, 0.2) is 0 Å². The molecule has 1 aliphatic rings. The van der Waals surface area contributed by atoms with E-state index in [9.17, 15) is 9.59 Å². The highest BCUT2D eigenvalue weighted by molar-refractivity contribution is 5.92. The number of hydrogen-bond acceptors (Lipinski definition) is 4.